The first kappa shape index (κ1) is 10.6. The lowest BCUT2D eigenvalue weighted by Gasteiger charge is -1.94. The molecule has 0 aromatic carbocycles. The average molecular weight is 169 g/mol. The van der Waals surface area contributed by atoms with Crippen molar-refractivity contribution >= 4 is 5.78 Å². The molecular formula is C8H11NO3. The van der Waals surface area contributed by atoms with E-state index in [1.165, 1.54) is 6.08 Å². The van der Waals surface area contributed by atoms with Crippen LogP contribution in [0.15, 0.2) is 23.9 Å². The van der Waals surface area contributed by atoms with Crippen molar-refractivity contribution < 1.29 is 9.72 Å². The predicted octanol–water partition coefficient (Wildman–Crippen LogP) is 1.70. The molecule has 0 amide bonds. The minimum Gasteiger partial charge on any atom is -0.295 e. The summed E-state index contributed by atoms with van der Waals surface area (Å²) in [4.78, 5) is 20.4. The molecule has 0 heterocycles. The van der Waals surface area contributed by atoms with Gasteiger partial charge in [0.15, 0.2) is 5.78 Å². The molecule has 0 aromatic rings. The summed E-state index contributed by atoms with van der Waals surface area (Å²) < 4.78 is 0. The highest BCUT2D eigenvalue weighted by molar-refractivity contribution is 5.94. The second kappa shape index (κ2) is 4.43. The molecule has 0 spiro atoms. The fourth-order valence-electron chi connectivity index (χ4n) is 0.662. The summed E-state index contributed by atoms with van der Waals surface area (Å²) in [6, 6.07) is 0. The van der Waals surface area contributed by atoms with Crippen LogP contribution >= 0.6 is 0 Å². The Morgan fingerprint density at radius 3 is 2.50 bits per heavy atom. The molecule has 0 N–H and O–H groups in total. The second-order valence-corrected chi connectivity index (χ2v) is 2.35. The third-order valence-electron chi connectivity index (χ3n) is 1.38. The number of carbonyl (C=O) groups is 1. The van der Waals surface area contributed by atoms with E-state index in [0.717, 1.165) is 0 Å². The van der Waals surface area contributed by atoms with E-state index in [1.807, 2.05) is 0 Å². The van der Waals surface area contributed by atoms with Crippen molar-refractivity contribution in [3.63, 3.8) is 0 Å². The molecule has 0 radical (unpaired) electrons. The fraction of sp³-hybridized carbons (Fsp3) is 0.375. The van der Waals surface area contributed by atoms with Gasteiger partial charge in [0, 0.05) is 12.5 Å². The second-order valence-electron chi connectivity index (χ2n) is 2.35. The summed E-state index contributed by atoms with van der Waals surface area (Å²) in [5, 5.41) is 10.1. The van der Waals surface area contributed by atoms with E-state index in [-0.39, 0.29) is 11.5 Å². The summed E-state index contributed by atoms with van der Waals surface area (Å²) in [5.74, 6) is -0.0991. The number of nitro groups is 1. The quantitative estimate of drug-likeness (QED) is 0.278. The van der Waals surface area contributed by atoms with E-state index in [4.69, 9.17) is 0 Å². The van der Waals surface area contributed by atoms with Crippen LogP contribution in [0.2, 0.25) is 0 Å². The van der Waals surface area contributed by atoms with Crippen molar-refractivity contribution in [3.8, 4) is 0 Å². The van der Waals surface area contributed by atoms with E-state index < -0.39 is 4.92 Å². The van der Waals surface area contributed by atoms with E-state index in [9.17, 15) is 14.9 Å². The highest BCUT2D eigenvalue weighted by Crippen LogP contribution is 2.03. The van der Waals surface area contributed by atoms with Crippen molar-refractivity contribution in [1.82, 2.24) is 0 Å². The van der Waals surface area contributed by atoms with Crippen LogP contribution in [0.25, 0.3) is 0 Å². The molecule has 0 saturated heterocycles. The first-order valence-corrected chi connectivity index (χ1v) is 3.53. The summed E-state index contributed by atoms with van der Waals surface area (Å²) in [7, 11) is 0. The Kier molecular flexibility index (Phi) is 3.90. The van der Waals surface area contributed by atoms with Gasteiger partial charge in [-0.2, -0.15) is 0 Å². The normalized spacial score (nSPS) is 11.0. The molecule has 0 atom stereocenters. The van der Waals surface area contributed by atoms with Crippen LogP contribution < -0.4 is 0 Å². The third-order valence-corrected chi connectivity index (χ3v) is 1.38. The zero-order valence-electron chi connectivity index (χ0n) is 7.16. The molecule has 0 aromatic heterocycles. The average Bonchev–Trinajstić information content (AvgIpc) is 2.02. The Morgan fingerprint density at radius 2 is 2.17 bits per heavy atom. The van der Waals surface area contributed by atoms with E-state index >= 15 is 0 Å². The Balaban J connectivity index is 4.46. The smallest absolute Gasteiger partial charge is 0.262 e. The van der Waals surface area contributed by atoms with Gasteiger partial charge in [-0.15, -0.1) is 0 Å². The van der Waals surface area contributed by atoms with Gasteiger partial charge in [0.25, 0.3) is 5.70 Å². The molecule has 0 aliphatic carbocycles. The van der Waals surface area contributed by atoms with Crippen LogP contribution in [0, 0.1) is 10.1 Å². The molecule has 0 saturated carbocycles. The fourth-order valence-corrected chi connectivity index (χ4v) is 0.662. The molecule has 0 unspecified atom stereocenters. The first-order valence-electron chi connectivity index (χ1n) is 3.53. The number of hydrogen-bond acceptors (Lipinski definition) is 3. The lowest BCUT2D eigenvalue weighted by molar-refractivity contribution is -0.418. The number of ketones is 1. The summed E-state index contributed by atoms with van der Waals surface area (Å²) in [6.07, 6.45) is 1.54. The van der Waals surface area contributed by atoms with Crippen molar-refractivity contribution in [2.24, 2.45) is 0 Å². The topological polar surface area (TPSA) is 60.2 Å². The number of rotatable bonds is 4. The largest absolute Gasteiger partial charge is 0.295 e. The van der Waals surface area contributed by atoms with Crippen molar-refractivity contribution in [2.45, 2.75) is 20.3 Å². The third kappa shape index (κ3) is 3.09. The zero-order valence-corrected chi connectivity index (χ0v) is 7.16. The number of hydrogen-bond donors (Lipinski definition) is 0. The molecule has 0 bridgehead atoms. The van der Waals surface area contributed by atoms with E-state index in [0.29, 0.717) is 12.0 Å². The van der Waals surface area contributed by atoms with Crippen LogP contribution in [-0.2, 0) is 4.79 Å². The zero-order chi connectivity index (χ0) is 9.72. The Morgan fingerprint density at radius 1 is 1.67 bits per heavy atom. The summed E-state index contributed by atoms with van der Waals surface area (Å²) >= 11 is 0. The van der Waals surface area contributed by atoms with Gasteiger partial charge in [0.2, 0.25) is 0 Å². The predicted molar refractivity (Wildman–Crippen MR) is 45.2 cm³/mol. The van der Waals surface area contributed by atoms with Gasteiger partial charge in [-0.3, -0.25) is 14.9 Å². The molecule has 12 heavy (non-hydrogen) atoms. The molecule has 0 fully saturated rings. The summed E-state index contributed by atoms with van der Waals surface area (Å²) in [6.45, 7) is 6.43. The van der Waals surface area contributed by atoms with E-state index in [1.54, 1.807) is 13.8 Å². The Labute approximate surface area is 70.7 Å². The lowest BCUT2D eigenvalue weighted by Crippen LogP contribution is -2.00. The molecule has 66 valence electrons. The minimum atomic E-state index is -0.619. The number of Topliss-reactive ketones (excluding diaryl/α,β-unsaturated/α-hetero) is 1. The number of allylic oxidation sites excluding steroid dienone is 2. The molecule has 0 aliphatic rings. The monoisotopic (exact) mass is 169 g/mol. The minimum absolute atomic E-state index is 0.0991. The van der Waals surface area contributed by atoms with E-state index in [2.05, 4.69) is 6.58 Å². The van der Waals surface area contributed by atoms with Crippen molar-refractivity contribution in [1.29, 1.82) is 0 Å². The molecular weight excluding hydrogens is 158 g/mol. The van der Waals surface area contributed by atoms with Crippen LogP contribution in [0.1, 0.15) is 20.3 Å². The summed E-state index contributed by atoms with van der Waals surface area (Å²) in [5.41, 5.74) is 0.119. The van der Waals surface area contributed by atoms with Crippen LogP contribution in [0.5, 0.6) is 0 Å². The maximum absolute atomic E-state index is 10.9. The van der Waals surface area contributed by atoms with Gasteiger partial charge in [0.1, 0.15) is 0 Å². The maximum Gasteiger partial charge on any atom is 0.262 e. The van der Waals surface area contributed by atoms with Crippen LogP contribution in [-0.4, -0.2) is 10.7 Å². The van der Waals surface area contributed by atoms with Crippen molar-refractivity contribution in [2.75, 3.05) is 0 Å². The van der Waals surface area contributed by atoms with Gasteiger partial charge in [-0.1, -0.05) is 6.92 Å². The van der Waals surface area contributed by atoms with Gasteiger partial charge in [-0.25, -0.2) is 0 Å². The molecule has 0 rings (SSSR count). The Hall–Kier alpha value is -1.45. The van der Waals surface area contributed by atoms with Crippen LogP contribution in [0.3, 0.4) is 0 Å². The molecule has 0 aliphatic heterocycles. The molecule has 4 heteroatoms. The van der Waals surface area contributed by atoms with Gasteiger partial charge < -0.3 is 0 Å². The van der Waals surface area contributed by atoms with Gasteiger partial charge in [0.05, 0.1) is 4.92 Å². The lowest BCUT2D eigenvalue weighted by atomic mass is 10.1. The highest BCUT2D eigenvalue weighted by Gasteiger charge is 2.06. The van der Waals surface area contributed by atoms with Crippen LogP contribution in [0.4, 0.5) is 0 Å². The highest BCUT2D eigenvalue weighted by atomic mass is 16.6. The van der Waals surface area contributed by atoms with Gasteiger partial charge in [-0.05, 0) is 19.1 Å². The standard InChI is InChI=1S/C8H11NO3/c1-4-8(10)6(2)5-7(3)9(11)12/h5H,3-4H2,1-2H3/b6-5+. The van der Waals surface area contributed by atoms with Crippen molar-refractivity contribution in [3.05, 3.63) is 34.0 Å². The molecule has 4 nitrogen and oxygen atoms in total. The first-order chi connectivity index (χ1) is 5.49. The number of carbonyl (C=O) groups excluding carboxylic acids is 1. The maximum atomic E-state index is 10.9. The SMILES string of the molecule is C=C(/C=C(\C)C(=O)CC)[N+](=O)[O-]. The number of nitrogens with zero attached hydrogens (tertiary/aromatic N) is 1. The Bertz CT molecular complexity index is 253. The van der Waals surface area contributed by atoms with Gasteiger partial charge >= 0.3 is 0 Å².